The summed E-state index contributed by atoms with van der Waals surface area (Å²) in [5.74, 6) is -1.85. The van der Waals surface area contributed by atoms with Gasteiger partial charge in [0.1, 0.15) is 0 Å². The number of nitrogens with one attached hydrogen (secondary N) is 2. The molecule has 0 saturated carbocycles. The first-order valence-corrected chi connectivity index (χ1v) is 7.42. The fraction of sp³-hybridized carbons (Fsp3) is 0.800. The van der Waals surface area contributed by atoms with Crippen molar-refractivity contribution in [2.45, 2.75) is 31.8 Å². The van der Waals surface area contributed by atoms with Gasteiger partial charge in [0.05, 0.1) is 23.7 Å². The molecule has 1 saturated heterocycles. The van der Waals surface area contributed by atoms with Gasteiger partial charge in [-0.15, -0.1) is 0 Å². The van der Waals surface area contributed by atoms with E-state index in [1.807, 2.05) is 0 Å². The quantitative estimate of drug-likeness (QED) is 0.526. The van der Waals surface area contributed by atoms with E-state index in [9.17, 15) is 18.0 Å². The summed E-state index contributed by atoms with van der Waals surface area (Å²) in [6.07, 6.45) is 0.324. The molecule has 0 aromatic rings. The minimum atomic E-state index is -3.09. The molecule has 1 atom stereocenters. The van der Waals surface area contributed by atoms with Crippen LogP contribution in [-0.2, 0) is 19.4 Å². The molecule has 1 fully saturated rings. The normalized spacial score (nSPS) is 22.5. The SMILES string of the molecule is CC(C)(CO)NC(=O)C(=O)NC1CCS(=O)(=O)C1. The Morgan fingerprint density at radius 3 is 2.39 bits per heavy atom. The highest BCUT2D eigenvalue weighted by Crippen LogP contribution is 2.11. The summed E-state index contributed by atoms with van der Waals surface area (Å²) in [7, 11) is -3.09. The minimum absolute atomic E-state index is 0.0295. The zero-order chi connectivity index (χ0) is 14.0. The van der Waals surface area contributed by atoms with Crippen LogP contribution in [0.2, 0.25) is 0 Å². The number of carbonyl (C=O) groups is 2. The van der Waals surface area contributed by atoms with E-state index in [-0.39, 0.29) is 18.1 Å². The molecule has 2 amide bonds. The van der Waals surface area contributed by atoms with Gasteiger partial charge in [-0.2, -0.15) is 0 Å². The lowest BCUT2D eigenvalue weighted by Gasteiger charge is -2.23. The predicted octanol–water partition coefficient (Wildman–Crippen LogP) is -1.82. The Morgan fingerprint density at radius 2 is 1.94 bits per heavy atom. The van der Waals surface area contributed by atoms with Gasteiger partial charge in [0.2, 0.25) is 0 Å². The summed E-state index contributed by atoms with van der Waals surface area (Å²) in [5.41, 5.74) is -0.893. The van der Waals surface area contributed by atoms with E-state index in [2.05, 4.69) is 10.6 Å². The maximum atomic E-state index is 11.5. The Balaban J connectivity index is 2.49. The lowest BCUT2D eigenvalue weighted by Crippen LogP contribution is -2.53. The van der Waals surface area contributed by atoms with Crippen LogP contribution in [0, 0.1) is 0 Å². The number of amides is 2. The van der Waals surface area contributed by atoms with E-state index < -0.39 is 33.2 Å². The Bertz CT molecular complexity index is 443. The summed E-state index contributed by atoms with van der Waals surface area (Å²) >= 11 is 0. The van der Waals surface area contributed by atoms with Crippen LogP contribution < -0.4 is 10.6 Å². The van der Waals surface area contributed by atoms with Crippen molar-refractivity contribution in [3.63, 3.8) is 0 Å². The van der Waals surface area contributed by atoms with Gasteiger partial charge >= 0.3 is 11.8 Å². The van der Waals surface area contributed by atoms with E-state index in [0.29, 0.717) is 6.42 Å². The fourth-order valence-corrected chi connectivity index (χ4v) is 3.24. The maximum Gasteiger partial charge on any atom is 0.309 e. The number of hydrogen-bond donors (Lipinski definition) is 3. The number of aliphatic hydroxyl groups excluding tert-OH is 1. The fourth-order valence-electron chi connectivity index (χ4n) is 1.56. The summed E-state index contributed by atoms with van der Waals surface area (Å²) in [5, 5.41) is 13.7. The molecule has 0 aliphatic carbocycles. The lowest BCUT2D eigenvalue weighted by molar-refractivity contribution is -0.140. The van der Waals surface area contributed by atoms with Gasteiger partial charge in [0.15, 0.2) is 9.84 Å². The van der Waals surface area contributed by atoms with Crippen LogP contribution in [0.4, 0.5) is 0 Å². The van der Waals surface area contributed by atoms with Gasteiger partial charge < -0.3 is 15.7 Å². The molecule has 1 aliphatic rings. The molecule has 1 heterocycles. The van der Waals surface area contributed by atoms with Crippen LogP contribution >= 0.6 is 0 Å². The lowest BCUT2D eigenvalue weighted by atomic mass is 10.1. The first kappa shape index (κ1) is 14.9. The largest absolute Gasteiger partial charge is 0.394 e. The van der Waals surface area contributed by atoms with Gasteiger partial charge in [-0.3, -0.25) is 9.59 Å². The third-order valence-electron chi connectivity index (χ3n) is 2.62. The first-order chi connectivity index (χ1) is 8.15. The summed E-state index contributed by atoms with van der Waals surface area (Å²) in [6, 6.07) is -0.509. The summed E-state index contributed by atoms with van der Waals surface area (Å²) < 4.78 is 22.4. The van der Waals surface area contributed by atoms with Crippen molar-refractivity contribution >= 4 is 21.7 Å². The molecule has 1 rings (SSSR count). The average Bonchev–Trinajstić information content (AvgIpc) is 2.57. The molecule has 104 valence electrons. The number of rotatable bonds is 3. The van der Waals surface area contributed by atoms with Crippen molar-refractivity contribution in [1.82, 2.24) is 10.6 Å². The Morgan fingerprint density at radius 1 is 1.33 bits per heavy atom. The van der Waals surface area contributed by atoms with Crippen molar-refractivity contribution in [3.8, 4) is 0 Å². The Kier molecular flexibility index (Phi) is 4.33. The van der Waals surface area contributed by atoms with Gasteiger partial charge in [0.25, 0.3) is 0 Å². The zero-order valence-corrected chi connectivity index (χ0v) is 11.2. The van der Waals surface area contributed by atoms with Crippen LogP contribution in [0.3, 0.4) is 0 Å². The second kappa shape index (κ2) is 5.23. The zero-order valence-electron chi connectivity index (χ0n) is 10.4. The molecule has 8 heteroatoms. The highest BCUT2D eigenvalue weighted by atomic mass is 32.2. The van der Waals surface area contributed by atoms with Gasteiger partial charge in [0, 0.05) is 6.04 Å². The molecule has 0 bridgehead atoms. The molecule has 0 aromatic carbocycles. The van der Waals surface area contributed by atoms with Crippen molar-refractivity contribution in [2.75, 3.05) is 18.1 Å². The summed E-state index contributed by atoms with van der Waals surface area (Å²) in [6.45, 7) is 2.83. The number of sulfone groups is 1. The van der Waals surface area contributed by atoms with Crippen LogP contribution in [0.1, 0.15) is 20.3 Å². The smallest absolute Gasteiger partial charge is 0.309 e. The molecule has 1 aliphatic heterocycles. The summed E-state index contributed by atoms with van der Waals surface area (Å²) in [4.78, 5) is 23.0. The van der Waals surface area contributed by atoms with E-state index in [0.717, 1.165) is 0 Å². The molecular weight excluding hydrogens is 260 g/mol. The molecular formula is C10H18N2O5S. The van der Waals surface area contributed by atoms with E-state index in [4.69, 9.17) is 5.11 Å². The standard InChI is InChI=1S/C10H18N2O5S/c1-10(2,6-13)12-9(15)8(14)11-7-3-4-18(16,17)5-7/h7,13H,3-6H2,1-2H3,(H,11,14)(H,12,15). The van der Waals surface area contributed by atoms with E-state index >= 15 is 0 Å². The second-order valence-corrected chi connectivity index (χ2v) is 7.30. The van der Waals surface area contributed by atoms with Crippen LogP contribution in [-0.4, -0.2) is 55.0 Å². The molecule has 0 radical (unpaired) electrons. The molecule has 3 N–H and O–H groups in total. The monoisotopic (exact) mass is 278 g/mol. The first-order valence-electron chi connectivity index (χ1n) is 5.59. The highest BCUT2D eigenvalue weighted by Gasteiger charge is 2.31. The van der Waals surface area contributed by atoms with Gasteiger partial charge in [-0.1, -0.05) is 0 Å². The number of carbonyl (C=O) groups excluding carboxylic acids is 2. The molecule has 7 nitrogen and oxygen atoms in total. The van der Waals surface area contributed by atoms with Crippen LogP contribution in [0.25, 0.3) is 0 Å². The number of hydrogen-bond acceptors (Lipinski definition) is 5. The van der Waals surface area contributed by atoms with Crippen molar-refractivity contribution in [2.24, 2.45) is 0 Å². The van der Waals surface area contributed by atoms with Gasteiger partial charge in [-0.25, -0.2) is 8.42 Å². The number of aliphatic hydroxyl groups is 1. The Hall–Kier alpha value is -1.15. The molecule has 18 heavy (non-hydrogen) atoms. The van der Waals surface area contributed by atoms with E-state index in [1.54, 1.807) is 13.8 Å². The topological polar surface area (TPSA) is 113 Å². The van der Waals surface area contributed by atoms with Crippen molar-refractivity contribution in [3.05, 3.63) is 0 Å². The third kappa shape index (κ3) is 4.26. The van der Waals surface area contributed by atoms with Crippen LogP contribution in [0.5, 0.6) is 0 Å². The maximum absolute atomic E-state index is 11.5. The van der Waals surface area contributed by atoms with Gasteiger partial charge in [-0.05, 0) is 20.3 Å². The minimum Gasteiger partial charge on any atom is -0.394 e. The average molecular weight is 278 g/mol. The molecule has 0 spiro atoms. The second-order valence-electron chi connectivity index (χ2n) is 5.07. The van der Waals surface area contributed by atoms with E-state index in [1.165, 1.54) is 0 Å². The van der Waals surface area contributed by atoms with Crippen molar-refractivity contribution in [1.29, 1.82) is 0 Å². The Labute approximate surface area is 106 Å². The highest BCUT2D eigenvalue weighted by molar-refractivity contribution is 7.91. The third-order valence-corrected chi connectivity index (χ3v) is 4.39. The molecule has 1 unspecified atom stereocenters. The van der Waals surface area contributed by atoms with Crippen molar-refractivity contribution < 1.29 is 23.1 Å². The van der Waals surface area contributed by atoms with Crippen LogP contribution in [0.15, 0.2) is 0 Å². The molecule has 0 aromatic heterocycles. The predicted molar refractivity (Wildman–Crippen MR) is 64.5 cm³/mol.